The fraction of sp³-hybridized carbons (Fsp3) is 0.227. The summed E-state index contributed by atoms with van der Waals surface area (Å²) in [5, 5.41) is 12.3. The predicted octanol–water partition coefficient (Wildman–Crippen LogP) is 4.37. The van der Waals surface area contributed by atoms with Crippen molar-refractivity contribution in [3.8, 4) is 22.6 Å². The molecule has 3 aromatic heterocycles. The summed E-state index contributed by atoms with van der Waals surface area (Å²) in [4.78, 5) is 4.37. The van der Waals surface area contributed by atoms with Crippen LogP contribution in [0.2, 0.25) is 5.02 Å². The van der Waals surface area contributed by atoms with Gasteiger partial charge in [0.2, 0.25) is 0 Å². The molecule has 0 saturated heterocycles. The van der Waals surface area contributed by atoms with Gasteiger partial charge in [0.05, 0.1) is 24.2 Å². The highest BCUT2D eigenvalue weighted by Gasteiger charge is 2.31. The van der Waals surface area contributed by atoms with E-state index in [1.165, 1.54) is 6.07 Å². The lowest BCUT2D eigenvalue weighted by Crippen LogP contribution is -2.13. The highest BCUT2D eigenvalue weighted by atomic mass is 35.5. The Labute approximate surface area is 181 Å². The summed E-state index contributed by atoms with van der Waals surface area (Å²) in [6.45, 7) is 3.02. The lowest BCUT2D eigenvalue weighted by atomic mass is 9.96. The Morgan fingerprint density at radius 3 is 2.87 bits per heavy atom. The van der Waals surface area contributed by atoms with E-state index in [0.717, 1.165) is 22.4 Å². The van der Waals surface area contributed by atoms with Gasteiger partial charge in [0.25, 0.3) is 0 Å². The predicted molar refractivity (Wildman–Crippen MR) is 113 cm³/mol. The van der Waals surface area contributed by atoms with Gasteiger partial charge in [-0.2, -0.15) is 0 Å². The number of aryl methyl sites for hydroxylation is 1. The Bertz CT molecular complexity index is 1360. The second-order valence-corrected chi connectivity index (χ2v) is 8.13. The zero-order valence-corrected chi connectivity index (χ0v) is 17.3. The van der Waals surface area contributed by atoms with Crippen LogP contribution >= 0.6 is 11.6 Å². The third-order valence-corrected chi connectivity index (χ3v) is 6.07. The number of pyridine rings is 2. The van der Waals surface area contributed by atoms with E-state index < -0.39 is 0 Å². The molecular weight excluding hydrogens is 421 g/mol. The summed E-state index contributed by atoms with van der Waals surface area (Å²) in [6, 6.07) is 6.90. The minimum Gasteiger partial charge on any atom is -0.493 e. The number of benzene rings is 1. The molecule has 6 rings (SSSR count). The van der Waals surface area contributed by atoms with Gasteiger partial charge in [-0.1, -0.05) is 11.6 Å². The third-order valence-electron chi connectivity index (χ3n) is 5.86. The number of rotatable bonds is 1. The molecule has 0 spiro atoms. The zero-order chi connectivity index (χ0) is 21.1. The number of hydrogen-bond donors (Lipinski definition) is 1. The van der Waals surface area contributed by atoms with Crippen molar-refractivity contribution in [1.82, 2.24) is 19.6 Å². The number of hydrogen-bond acceptors (Lipinski definition) is 6. The van der Waals surface area contributed by atoms with Gasteiger partial charge in [0.1, 0.15) is 17.9 Å². The van der Waals surface area contributed by atoms with Crippen LogP contribution in [0.3, 0.4) is 0 Å². The van der Waals surface area contributed by atoms with Crippen molar-refractivity contribution in [3.63, 3.8) is 0 Å². The van der Waals surface area contributed by atoms with Crippen LogP contribution in [0.1, 0.15) is 22.7 Å². The summed E-state index contributed by atoms with van der Waals surface area (Å²) in [6.07, 6.45) is 3.22. The van der Waals surface area contributed by atoms with Crippen LogP contribution in [0, 0.1) is 12.7 Å². The standard InChI is InChI=1S/C22H17ClFN5O2/c1-11-14(4-13(23)6-25-11)15-5-19-22(29-10-27-28-21(15)29)26-7-16-17(24)2-3-18-20(16)12(8-30-18)9-31-19/h2-6,10,12,26H,7-9H2,1H3/t12-/m1/s1. The van der Waals surface area contributed by atoms with Gasteiger partial charge in [-0.25, -0.2) is 4.39 Å². The molecule has 31 heavy (non-hydrogen) atoms. The van der Waals surface area contributed by atoms with E-state index in [4.69, 9.17) is 21.1 Å². The first-order valence-corrected chi connectivity index (χ1v) is 10.3. The maximum Gasteiger partial charge on any atom is 0.170 e. The molecule has 1 aromatic carbocycles. The van der Waals surface area contributed by atoms with Crippen molar-refractivity contribution >= 4 is 23.1 Å². The van der Waals surface area contributed by atoms with E-state index in [0.29, 0.717) is 46.8 Å². The van der Waals surface area contributed by atoms with Crippen LogP contribution in [0.25, 0.3) is 16.8 Å². The molecule has 1 N–H and O–H groups in total. The molecule has 1 atom stereocenters. The highest BCUT2D eigenvalue weighted by Crippen LogP contribution is 2.42. The summed E-state index contributed by atoms with van der Waals surface area (Å²) < 4.78 is 28.6. The Balaban J connectivity index is 1.54. The number of aromatic nitrogens is 4. The Morgan fingerprint density at radius 2 is 2.00 bits per heavy atom. The molecule has 0 saturated carbocycles. The molecule has 0 unspecified atom stereocenters. The fourth-order valence-corrected chi connectivity index (χ4v) is 4.52. The normalized spacial score (nSPS) is 16.9. The van der Waals surface area contributed by atoms with Crippen LogP contribution in [0.4, 0.5) is 10.2 Å². The largest absolute Gasteiger partial charge is 0.493 e. The van der Waals surface area contributed by atoms with Gasteiger partial charge in [-0.05, 0) is 31.2 Å². The van der Waals surface area contributed by atoms with Crippen molar-refractivity contribution < 1.29 is 13.9 Å². The SMILES string of the molecule is Cc1ncc(Cl)cc1-c1cc2c(n3cnnc13)NCc1c(F)ccc3c1[C@H](CO3)CO2. The number of halogens is 2. The van der Waals surface area contributed by atoms with E-state index in [2.05, 4.69) is 20.5 Å². The van der Waals surface area contributed by atoms with E-state index in [9.17, 15) is 4.39 Å². The van der Waals surface area contributed by atoms with Gasteiger partial charge in [-0.15, -0.1) is 10.2 Å². The maximum atomic E-state index is 14.7. The van der Waals surface area contributed by atoms with Crippen molar-refractivity contribution in [2.45, 2.75) is 19.4 Å². The number of anilines is 1. The minimum absolute atomic E-state index is 0.0527. The summed E-state index contributed by atoms with van der Waals surface area (Å²) >= 11 is 6.22. The van der Waals surface area contributed by atoms with Crippen LogP contribution in [0.15, 0.2) is 36.8 Å². The Kier molecular flexibility index (Phi) is 4.04. The maximum absolute atomic E-state index is 14.7. The average molecular weight is 438 g/mol. The van der Waals surface area contributed by atoms with E-state index in [1.54, 1.807) is 18.6 Å². The summed E-state index contributed by atoms with van der Waals surface area (Å²) in [5.74, 6) is 1.68. The van der Waals surface area contributed by atoms with Crippen molar-refractivity contribution in [1.29, 1.82) is 0 Å². The van der Waals surface area contributed by atoms with Crippen LogP contribution in [-0.2, 0) is 6.54 Å². The summed E-state index contributed by atoms with van der Waals surface area (Å²) in [5.41, 5.74) is 4.55. The molecular formula is C22H17ClFN5O2. The van der Waals surface area contributed by atoms with E-state index in [-0.39, 0.29) is 18.3 Å². The minimum atomic E-state index is -0.262. The average Bonchev–Trinajstić information content (AvgIpc) is 3.41. The topological polar surface area (TPSA) is 73.6 Å². The smallest absolute Gasteiger partial charge is 0.170 e. The van der Waals surface area contributed by atoms with Crippen molar-refractivity contribution in [2.24, 2.45) is 0 Å². The molecule has 0 aliphatic carbocycles. The molecule has 2 aliphatic rings. The van der Waals surface area contributed by atoms with Gasteiger partial charge >= 0.3 is 0 Å². The molecule has 0 fully saturated rings. The lowest BCUT2D eigenvalue weighted by molar-refractivity contribution is 0.249. The number of nitrogens with one attached hydrogen (secondary N) is 1. The highest BCUT2D eigenvalue weighted by molar-refractivity contribution is 6.30. The first-order valence-electron chi connectivity index (χ1n) is 9.90. The molecule has 156 valence electrons. The molecule has 9 heteroatoms. The summed E-state index contributed by atoms with van der Waals surface area (Å²) in [7, 11) is 0. The Hall–Kier alpha value is -3.39. The Morgan fingerprint density at radius 1 is 1.16 bits per heavy atom. The first kappa shape index (κ1) is 18.4. The van der Waals surface area contributed by atoms with Crippen LogP contribution in [-0.4, -0.2) is 32.8 Å². The molecule has 0 amide bonds. The molecule has 2 aliphatic heterocycles. The van der Waals surface area contributed by atoms with Crippen LogP contribution in [0.5, 0.6) is 11.5 Å². The number of ether oxygens (including phenoxy) is 2. The van der Waals surface area contributed by atoms with Gasteiger partial charge in [-0.3, -0.25) is 9.38 Å². The zero-order valence-electron chi connectivity index (χ0n) is 16.5. The van der Waals surface area contributed by atoms with Crippen molar-refractivity contribution in [3.05, 3.63) is 64.5 Å². The third kappa shape index (κ3) is 2.82. The molecule has 0 bridgehead atoms. The second kappa shape index (κ2) is 6.81. The monoisotopic (exact) mass is 437 g/mol. The van der Waals surface area contributed by atoms with Gasteiger partial charge in [0, 0.05) is 40.7 Å². The number of nitrogens with zero attached hydrogens (tertiary/aromatic N) is 4. The first-order chi connectivity index (χ1) is 15.1. The number of fused-ring (bicyclic) bond motifs is 3. The molecule has 5 heterocycles. The lowest BCUT2D eigenvalue weighted by Gasteiger charge is -2.17. The second-order valence-electron chi connectivity index (χ2n) is 7.69. The van der Waals surface area contributed by atoms with E-state index in [1.807, 2.05) is 23.5 Å². The van der Waals surface area contributed by atoms with Gasteiger partial charge < -0.3 is 14.8 Å². The van der Waals surface area contributed by atoms with Crippen molar-refractivity contribution in [2.75, 3.05) is 18.5 Å². The fourth-order valence-electron chi connectivity index (χ4n) is 4.36. The quantitative estimate of drug-likeness (QED) is 0.476. The van der Waals surface area contributed by atoms with Crippen LogP contribution < -0.4 is 14.8 Å². The molecule has 0 radical (unpaired) electrons. The van der Waals surface area contributed by atoms with Gasteiger partial charge in [0.15, 0.2) is 17.2 Å². The molecule has 4 aromatic rings. The van der Waals surface area contributed by atoms with E-state index >= 15 is 0 Å². The molecule has 7 nitrogen and oxygen atoms in total.